The van der Waals surface area contributed by atoms with E-state index in [0.717, 1.165) is 7.11 Å². The van der Waals surface area contributed by atoms with Gasteiger partial charge in [-0.3, -0.25) is 4.79 Å². The van der Waals surface area contributed by atoms with Crippen molar-refractivity contribution in [1.82, 2.24) is 4.98 Å². The molecular formula is C10H8F5NO4. The van der Waals surface area contributed by atoms with Gasteiger partial charge < -0.3 is 14.6 Å². The van der Waals surface area contributed by atoms with E-state index in [2.05, 4.69) is 14.5 Å². The number of ether oxygens (including phenoxy) is 2. The van der Waals surface area contributed by atoms with E-state index in [4.69, 9.17) is 5.11 Å². The minimum absolute atomic E-state index is 0.566. The van der Waals surface area contributed by atoms with Crippen LogP contribution in [0, 0.1) is 0 Å². The van der Waals surface area contributed by atoms with Crippen LogP contribution in [0.5, 0.6) is 11.6 Å². The number of hydrogen-bond donors (Lipinski definition) is 1. The minimum atomic E-state index is -5.12. The van der Waals surface area contributed by atoms with Crippen molar-refractivity contribution in [2.45, 2.75) is 19.2 Å². The molecule has 0 saturated carbocycles. The SMILES string of the molecule is COc1cc(C(F)F)c(CC(=O)O)nc1OC(F)(F)F. The molecule has 0 radical (unpaired) electrons. The normalized spacial score (nSPS) is 11.6. The van der Waals surface area contributed by atoms with Gasteiger partial charge in [0, 0.05) is 5.56 Å². The number of nitrogens with zero attached hydrogens (tertiary/aromatic N) is 1. The number of carboxylic acid groups (broad SMARTS) is 1. The van der Waals surface area contributed by atoms with Crippen LogP contribution in [0.15, 0.2) is 6.07 Å². The van der Waals surface area contributed by atoms with Crippen LogP contribution in [0.3, 0.4) is 0 Å². The molecule has 0 aliphatic carbocycles. The second kappa shape index (κ2) is 5.88. The topological polar surface area (TPSA) is 68.7 Å². The molecule has 0 atom stereocenters. The van der Waals surface area contributed by atoms with Gasteiger partial charge in [0.2, 0.25) is 0 Å². The van der Waals surface area contributed by atoms with E-state index in [0.29, 0.717) is 6.07 Å². The summed E-state index contributed by atoms with van der Waals surface area (Å²) in [6, 6.07) is 0.566. The maximum Gasteiger partial charge on any atom is 0.574 e. The molecule has 0 bridgehead atoms. The van der Waals surface area contributed by atoms with Crippen molar-refractivity contribution in [3.05, 3.63) is 17.3 Å². The van der Waals surface area contributed by atoms with Crippen LogP contribution in [0.25, 0.3) is 0 Å². The number of rotatable bonds is 5. The van der Waals surface area contributed by atoms with Crippen LogP contribution in [-0.2, 0) is 11.2 Å². The molecule has 0 unspecified atom stereocenters. The quantitative estimate of drug-likeness (QED) is 0.846. The molecule has 0 spiro atoms. The summed E-state index contributed by atoms with van der Waals surface area (Å²) in [7, 11) is 0.937. The molecule has 112 valence electrons. The van der Waals surface area contributed by atoms with Gasteiger partial charge in [0.25, 0.3) is 12.3 Å². The fraction of sp³-hybridized carbons (Fsp3) is 0.400. The van der Waals surface area contributed by atoms with Crippen LogP contribution in [0.4, 0.5) is 22.0 Å². The average molecular weight is 301 g/mol. The summed E-state index contributed by atoms with van der Waals surface area (Å²) in [5.41, 5.74) is -1.56. The largest absolute Gasteiger partial charge is 0.574 e. The fourth-order valence-corrected chi connectivity index (χ4v) is 1.33. The molecule has 1 aromatic rings. The van der Waals surface area contributed by atoms with E-state index in [-0.39, 0.29) is 0 Å². The summed E-state index contributed by atoms with van der Waals surface area (Å²) in [6.07, 6.45) is -9.21. The monoisotopic (exact) mass is 301 g/mol. The molecule has 0 aromatic carbocycles. The Kier molecular flexibility index (Phi) is 4.69. The number of hydrogen-bond acceptors (Lipinski definition) is 4. The molecule has 1 rings (SSSR count). The lowest BCUT2D eigenvalue weighted by atomic mass is 10.1. The van der Waals surface area contributed by atoms with Crippen molar-refractivity contribution in [3.63, 3.8) is 0 Å². The van der Waals surface area contributed by atoms with E-state index >= 15 is 0 Å². The second-order valence-corrected chi connectivity index (χ2v) is 3.45. The molecule has 0 amide bonds. The Hall–Kier alpha value is -2.13. The lowest BCUT2D eigenvalue weighted by Gasteiger charge is -2.15. The fourth-order valence-electron chi connectivity index (χ4n) is 1.33. The molecule has 0 aliphatic rings. The molecule has 1 aromatic heterocycles. The van der Waals surface area contributed by atoms with Gasteiger partial charge in [-0.2, -0.15) is 0 Å². The summed E-state index contributed by atoms with van der Waals surface area (Å²) in [4.78, 5) is 13.7. The van der Waals surface area contributed by atoms with Crippen LogP contribution in [0.2, 0.25) is 0 Å². The number of halogens is 5. The molecule has 0 fully saturated rings. The van der Waals surface area contributed by atoms with Crippen molar-refractivity contribution in [2.75, 3.05) is 7.11 Å². The molecule has 0 saturated heterocycles. The Morgan fingerprint density at radius 3 is 2.45 bits per heavy atom. The first-order chi connectivity index (χ1) is 9.14. The zero-order valence-corrected chi connectivity index (χ0v) is 9.87. The van der Waals surface area contributed by atoms with Crippen LogP contribution < -0.4 is 9.47 Å². The summed E-state index contributed by atoms with van der Waals surface area (Å²) in [6.45, 7) is 0. The standard InChI is InChI=1S/C10H8F5NO4/c1-19-6-2-4(8(11)12)5(3-7(17)18)16-9(6)20-10(13,14)15/h2,8H,3H2,1H3,(H,17,18). The summed E-state index contributed by atoms with van der Waals surface area (Å²) in [5, 5.41) is 8.54. The predicted octanol–water partition coefficient (Wildman–Crippen LogP) is 2.55. The smallest absolute Gasteiger partial charge is 0.491 e. The lowest BCUT2D eigenvalue weighted by molar-refractivity contribution is -0.276. The predicted molar refractivity (Wildman–Crippen MR) is 53.8 cm³/mol. The van der Waals surface area contributed by atoms with Crippen LogP contribution in [-0.4, -0.2) is 29.5 Å². The maximum atomic E-state index is 12.7. The average Bonchev–Trinajstić information content (AvgIpc) is 2.25. The molecule has 5 nitrogen and oxygen atoms in total. The highest BCUT2D eigenvalue weighted by Gasteiger charge is 2.34. The van der Waals surface area contributed by atoms with Gasteiger partial charge in [0.05, 0.1) is 19.2 Å². The highest BCUT2D eigenvalue weighted by Crippen LogP contribution is 2.35. The highest BCUT2D eigenvalue weighted by molar-refractivity contribution is 5.70. The molecule has 1 N–H and O–H groups in total. The molecular weight excluding hydrogens is 293 g/mol. The Labute approximate surface area is 108 Å². The van der Waals surface area contributed by atoms with Crippen molar-refractivity contribution in [2.24, 2.45) is 0 Å². The highest BCUT2D eigenvalue weighted by atomic mass is 19.4. The summed E-state index contributed by atoms with van der Waals surface area (Å²) in [5.74, 6) is -3.32. The van der Waals surface area contributed by atoms with E-state index in [1.165, 1.54) is 0 Å². The lowest BCUT2D eigenvalue weighted by Crippen LogP contribution is -2.19. The number of carboxylic acids is 1. The van der Waals surface area contributed by atoms with Crippen LogP contribution >= 0.6 is 0 Å². The van der Waals surface area contributed by atoms with Gasteiger partial charge in [-0.05, 0) is 6.07 Å². The molecule has 0 aliphatic heterocycles. The van der Waals surface area contributed by atoms with Gasteiger partial charge in [-0.15, -0.1) is 13.2 Å². The van der Waals surface area contributed by atoms with Crippen molar-refractivity contribution in [1.29, 1.82) is 0 Å². The number of carbonyl (C=O) groups is 1. The minimum Gasteiger partial charge on any atom is -0.491 e. The van der Waals surface area contributed by atoms with E-state index in [9.17, 15) is 26.7 Å². The zero-order chi connectivity index (χ0) is 15.5. The number of pyridine rings is 1. The summed E-state index contributed by atoms with van der Waals surface area (Å²) < 4.78 is 69.8. The third-order valence-electron chi connectivity index (χ3n) is 2.05. The first-order valence-electron chi connectivity index (χ1n) is 4.97. The Bertz CT molecular complexity index is 503. The number of methoxy groups -OCH3 is 1. The molecule has 10 heteroatoms. The van der Waals surface area contributed by atoms with Crippen molar-refractivity contribution < 1.29 is 41.3 Å². The zero-order valence-electron chi connectivity index (χ0n) is 9.87. The summed E-state index contributed by atoms with van der Waals surface area (Å²) >= 11 is 0. The number of alkyl halides is 5. The first kappa shape index (κ1) is 15.9. The number of aromatic nitrogens is 1. The number of aliphatic carboxylic acids is 1. The second-order valence-electron chi connectivity index (χ2n) is 3.45. The third-order valence-corrected chi connectivity index (χ3v) is 2.05. The van der Waals surface area contributed by atoms with Gasteiger partial charge in [0.1, 0.15) is 0 Å². The van der Waals surface area contributed by atoms with Gasteiger partial charge in [0.15, 0.2) is 5.75 Å². The van der Waals surface area contributed by atoms with Gasteiger partial charge >= 0.3 is 12.3 Å². The van der Waals surface area contributed by atoms with Crippen molar-refractivity contribution in [3.8, 4) is 11.6 Å². The van der Waals surface area contributed by atoms with Gasteiger partial charge in [-0.1, -0.05) is 0 Å². The first-order valence-corrected chi connectivity index (χ1v) is 4.97. The van der Waals surface area contributed by atoms with E-state index < -0.39 is 48.1 Å². The Morgan fingerprint density at radius 1 is 1.45 bits per heavy atom. The molecule has 1 heterocycles. The maximum absolute atomic E-state index is 12.7. The van der Waals surface area contributed by atoms with E-state index in [1.807, 2.05) is 0 Å². The van der Waals surface area contributed by atoms with Gasteiger partial charge in [-0.25, -0.2) is 13.8 Å². The molecule has 20 heavy (non-hydrogen) atoms. The van der Waals surface area contributed by atoms with Crippen LogP contribution in [0.1, 0.15) is 17.7 Å². The van der Waals surface area contributed by atoms with E-state index in [1.54, 1.807) is 0 Å². The van der Waals surface area contributed by atoms with Crippen molar-refractivity contribution >= 4 is 5.97 Å². The Morgan fingerprint density at radius 2 is 2.05 bits per heavy atom. The third kappa shape index (κ3) is 4.21. The Balaban J connectivity index is 3.33.